The van der Waals surface area contributed by atoms with Crippen molar-refractivity contribution >= 4 is 0 Å². The monoisotopic (exact) mass is 260 g/mol. The Kier molecular flexibility index (Phi) is 8.80. The van der Waals surface area contributed by atoms with Gasteiger partial charge in [-0.25, -0.2) is 0 Å². The van der Waals surface area contributed by atoms with Crippen molar-refractivity contribution in [3.63, 3.8) is 0 Å². The average molecular weight is 260 g/mol. The average Bonchev–Trinajstić information content (AvgIpc) is 2.45. The molecule has 19 heavy (non-hydrogen) atoms. The number of aliphatic hydroxyl groups excluding tert-OH is 1. The molecule has 104 valence electrons. The van der Waals surface area contributed by atoms with Gasteiger partial charge in [-0.1, -0.05) is 62.6 Å². The molecule has 1 aromatic rings. The van der Waals surface area contributed by atoms with Gasteiger partial charge >= 0.3 is 0 Å². The van der Waals surface area contributed by atoms with Gasteiger partial charge in [0.05, 0.1) is 6.61 Å². The molecule has 0 aliphatic heterocycles. The fourth-order valence-electron chi connectivity index (χ4n) is 1.89. The second-order valence-corrected chi connectivity index (χ2v) is 4.58. The number of ether oxygens (including phenoxy) is 1. The van der Waals surface area contributed by atoms with E-state index < -0.39 is 0 Å². The van der Waals surface area contributed by atoms with Gasteiger partial charge < -0.3 is 9.84 Å². The topological polar surface area (TPSA) is 29.5 Å². The van der Waals surface area contributed by atoms with E-state index in [1.54, 1.807) is 0 Å². The quantitative estimate of drug-likeness (QED) is 0.572. The summed E-state index contributed by atoms with van der Waals surface area (Å²) in [4.78, 5) is 0. The van der Waals surface area contributed by atoms with Crippen molar-refractivity contribution in [1.82, 2.24) is 0 Å². The number of unbranched alkanes of at least 4 members (excludes halogenated alkanes) is 4. The second kappa shape index (κ2) is 10.6. The summed E-state index contributed by atoms with van der Waals surface area (Å²) in [5.74, 6) is 5.63. The molecule has 0 amide bonds. The lowest BCUT2D eigenvalue weighted by atomic mass is 10.1. The number of rotatable bonds is 8. The standard InChI is InChI=1S/C17H24O2/c1-2-3-4-5-8-14-19-15-17-11-7-6-10-16(17)12-9-13-18/h6-7,10-11,18H,2-5,8,13-15H2,1H3. The van der Waals surface area contributed by atoms with E-state index in [1.807, 2.05) is 24.3 Å². The highest BCUT2D eigenvalue weighted by molar-refractivity contribution is 5.40. The van der Waals surface area contributed by atoms with E-state index in [2.05, 4.69) is 18.8 Å². The number of hydrogen-bond acceptors (Lipinski definition) is 2. The Morgan fingerprint density at radius 2 is 1.89 bits per heavy atom. The maximum Gasteiger partial charge on any atom is 0.104 e. The van der Waals surface area contributed by atoms with E-state index in [0.717, 1.165) is 24.2 Å². The van der Waals surface area contributed by atoms with Crippen LogP contribution in [0.3, 0.4) is 0 Å². The molecule has 1 aromatic carbocycles. The van der Waals surface area contributed by atoms with Gasteiger partial charge in [0.2, 0.25) is 0 Å². The molecule has 0 radical (unpaired) electrons. The maximum atomic E-state index is 8.73. The van der Waals surface area contributed by atoms with Gasteiger partial charge in [-0.15, -0.1) is 0 Å². The maximum absolute atomic E-state index is 8.73. The van der Waals surface area contributed by atoms with Crippen molar-refractivity contribution < 1.29 is 9.84 Å². The molecule has 0 unspecified atom stereocenters. The first-order valence-electron chi connectivity index (χ1n) is 7.14. The SMILES string of the molecule is CCCCCCCOCc1ccccc1C#CCO. The summed E-state index contributed by atoms with van der Waals surface area (Å²) in [6.45, 7) is 3.53. The zero-order valence-corrected chi connectivity index (χ0v) is 11.8. The predicted octanol–water partition coefficient (Wildman–Crippen LogP) is 3.52. The summed E-state index contributed by atoms with van der Waals surface area (Å²) in [6, 6.07) is 7.93. The van der Waals surface area contributed by atoms with Crippen LogP contribution in [-0.4, -0.2) is 18.3 Å². The van der Waals surface area contributed by atoms with Gasteiger partial charge in [-0.3, -0.25) is 0 Å². The lowest BCUT2D eigenvalue weighted by molar-refractivity contribution is 0.116. The smallest absolute Gasteiger partial charge is 0.104 e. The Labute approximate surface area is 116 Å². The zero-order chi connectivity index (χ0) is 13.8. The number of hydrogen-bond donors (Lipinski definition) is 1. The lowest BCUT2D eigenvalue weighted by Gasteiger charge is -2.06. The summed E-state index contributed by atoms with van der Waals surface area (Å²) in [7, 11) is 0. The highest BCUT2D eigenvalue weighted by Gasteiger charge is 1.99. The Morgan fingerprint density at radius 3 is 2.68 bits per heavy atom. The van der Waals surface area contributed by atoms with Crippen LogP contribution in [0.25, 0.3) is 0 Å². The largest absolute Gasteiger partial charge is 0.384 e. The van der Waals surface area contributed by atoms with Crippen LogP contribution in [0.4, 0.5) is 0 Å². The Morgan fingerprint density at radius 1 is 1.11 bits per heavy atom. The molecule has 0 aromatic heterocycles. The van der Waals surface area contributed by atoms with E-state index in [1.165, 1.54) is 25.7 Å². The molecule has 1 rings (SSSR count). The summed E-state index contributed by atoms with van der Waals surface area (Å²) in [5.41, 5.74) is 2.04. The van der Waals surface area contributed by atoms with E-state index in [0.29, 0.717) is 6.61 Å². The molecule has 0 fully saturated rings. The summed E-state index contributed by atoms with van der Waals surface area (Å²) in [5, 5.41) is 8.73. The van der Waals surface area contributed by atoms with Crippen molar-refractivity contribution in [2.75, 3.05) is 13.2 Å². The molecule has 2 nitrogen and oxygen atoms in total. The Hall–Kier alpha value is -1.30. The molecule has 0 aliphatic carbocycles. The Balaban J connectivity index is 2.29. The third kappa shape index (κ3) is 7.00. The van der Waals surface area contributed by atoms with Crippen molar-refractivity contribution in [2.24, 2.45) is 0 Å². The normalized spacial score (nSPS) is 10.0. The zero-order valence-electron chi connectivity index (χ0n) is 11.8. The van der Waals surface area contributed by atoms with Crippen LogP contribution in [0.5, 0.6) is 0 Å². The number of benzene rings is 1. The van der Waals surface area contributed by atoms with E-state index in [9.17, 15) is 0 Å². The summed E-state index contributed by atoms with van der Waals surface area (Å²) in [6.07, 6.45) is 6.28. The molecule has 0 atom stereocenters. The minimum absolute atomic E-state index is 0.105. The summed E-state index contributed by atoms with van der Waals surface area (Å²) < 4.78 is 5.69. The third-order valence-corrected chi connectivity index (χ3v) is 2.97. The van der Waals surface area contributed by atoms with Crippen molar-refractivity contribution in [3.05, 3.63) is 35.4 Å². The molecule has 0 saturated heterocycles. The number of aliphatic hydroxyl groups is 1. The molecule has 1 N–H and O–H groups in total. The fraction of sp³-hybridized carbons (Fsp3) is 0.529. The molecule has 0 saturated carbocycles. The van der Waals surface area contributed by atoms with Crippen LogP contribution < -0.4 is 0 Å². The molecular weight excluding hydrogens is 236 g/mol. The van der Waals surface area contributed by atoms with Gasteiger partial charge in [-0.2, -0.15) is 0 Å². The highest BCUT2D eigenvalue weighted by Crippen LogP contribution is 2.09. The minimum atomic E-state index is -0.105. The van der Waals surface area contributed by atoms with Crippen LogP contribution in [0.1, 0.15) is 50.2 Å². The molecular formula is C17H24O2. The van der Waals surface area contributed by atoms with Crippen molar-refractivity contribution in [3.8, 4) is 11.8 Å². The van der Waals surface area contributed by atoms with Gasteiger partial charge in [0.25, 0.3) is 0 Å². The first-order valence-corrected chi connectivity index (χ1v) is 7.14. The first kappa shape index (κ1) is 15.8. The van der Waals surface area contributed by atoms with Crippen molar-refractivity contribution in [1.29, 1.82) is 0 Å². The van der Waals surface area contributed by atoms with Crippen LogP contribution in [0.2, 0.25) is 0 Å². The molecule has 0 aliphatic rings. The van der Waals surface area contributed by atoms with Gasteiger partial charge in [-0.05, 0) is 18.1 Å². The van der Waals surface area contributed by atoms with Crippen LogP contribution in [0.15, 0.2) is 24.3 Å². The minimum Gasteiger partial charge on any atom is -0.384 e. The van der Waals surface area contributed by atoms with Gasteiger partial charge in [0.1, 0.15) is 6.61 Å². The van der Waals surface area contributed by atoms with E-state index in [4.69, 9.17) is 9.84 Å². The predicted molar refractivity (Wildman–Crippen MR) is 78.8 cm³/mol. The first-order chi connectivity index (χ1) is 9.38. The lowest BCUT2D eigenvalue weighted by Crippen LogP contribution is -1.98. The fourth-order valence-corrected chi connectivity index (χ4v) is 1.89. The van der Waals surface area contributed by atoms with Crippen molar-refractivity contribution in [2.45, 2.75) is 45.6 Å². The molecule has 0 spiro atoms. The summed E-state index contributed by atoms with van der Waals surface area (Å²) >= 11 is 0. The third-order valence-electron chi connectivity index (χ3n) is 2.97. The Bertz CT molecular complexity index is 401. The molecule has 0 heterocycles. The second-order valence-electron chi connectivity index (χ2n) is 4.58. The van der Waals surface area contributed by atoms with E-state index >= 15 is 0 Å². The van der Waals surface area contributed by atoms with Gasteiger partial charge in [0.15, 0.2) is 0 Å². The molecule has 0 bridgehead atoms. The van der Waals surface area contributed by atoms with Crippen LogP contribution in [0, 0.1) is 11.8 Å². The van der Waals surface area contributed by atoms with Gasteiger partial charge in [0, 0.05) is 12.2 Å². The highest BCUT2D eigenvalue weighted by atomic mass is 16.5. The van der Waals surface area contributed by atoms with Crippen LogP contribution in [-0.2, 0) is 11.3 Å². The molecule has 2 heteroatoms. The van der Waals surface area contributed by atoms with E-state index in [-0.39, 0.29) is 6.61 Å². The van der Waals surface area contributed by atoms with Crippen LogP contribution >= 0.6 is 0 Å².